The van der Waals surface area contributed by atoms with Gasteiger partial charge in [0, 0.05) is 0 Å². The van der Waals surface area contributed by atoms with Gasteiger partial charge in [-0.2, -0.15) is 0 Å². The van der Waals surface area contributed by atoms with Crippen LogP contribution in [0.3, 0.4) is 0 Å². The van der Waals surface area contributed by atoms with E-state index in [2.05, 4.69) is 19.7 Å². The van der Waals surface area contributed by atoms with Crippen LogP contribution < -0.4 is 0 Å². The van der Waals surface area contributed by atoms with Crippen LogP contribution in [0.4, 0.5) is 0 Å². The Labute approximate surface area is 108 Å². The molecule has 0 saturated heterocycles. The molecule has 0 saturated carbocycles. The molecule has 0 amide bonds. The zero-order valence-electron chi connectivity index (χ0n) is 10.6. The smallest absolute Gasteiger partial charge is 0.115 e. The van der Waals surface area contributed by atoms with Crippen LogP contribution in [-0.4, -0.2) is 10.2 Å². The number of phenols is 1. The third kappa shape index (κ3) is 3.39. The largest absolute Gasteiger partial charge is 0.509 e. The van der Waals surface area contributed by atoms with Gasteiger partial charge in [0.2, 0.25) is 0 Å². The van der Waals surface area contributed by atoms with E-state index in [-0.39, 0.29) is 11.5 Å². The molecular formula is C16H18O2. The van der Waals surface area contributed by atoms with Gasteiger partial charge in [0.15, 0.2) is 0 Å². The molecule has 0 atom stereocenters. The molecule has 1 aromatic rings. The molecule has 0 bridgehead atoms. The summed E-state index contributed by atoms with van der Waals surface area (Å²) in [5.74, 6) is 0.221. The summed E-state index contributed by atoms with van der Waals surface area (Å²) in [4.78, 5) is 0. The van der Waals surface area contributed by atoms with Crippen molar-refractivity contribution in [2.24, 2.45) is 0 Å². The number of benzene rings is 1. The topological polar surface area (TPSA) is 40.5 Å². The highest BCUT2D eigenvalue weighted by atomic mass is 16.3. The summed E-state index contributed by atoms with van der Waals surface area (Å²) in [6.45, 7) is 13.3. The zero-order chi connectivity index (χ0) is 13.7. The minimum Gasteiger partial charge on any atom is -0.509 e. The highest BCUT2D eigenvalue weighted by molar-refractivity contribution is 5.81. The summed E-state index contributed by atoms with van der Waals surface area (Å²) >= 11 is 0. The van der Waals surface area contributed by atoms with E-state index in [0.29, 0.717) is 5.57 Å². The van der Waals surface area contributed by atoms with Gasteiger partial charge in [0.05, 0.1) is 0 Å². The number of aryl methyl sites for hydroxylation is 1. The first-order chi connectivity index (χ1) is 8.45. The molecule has 0 radical (unpaired) electrons. The highest BCUT2D eigenvalue weighted by Crippen LogP contribution is 2.27. The minimum atomic E-state index is -0.0228. The van der Waals surface area contributed by atoms with E-state index in [0.717, 1.165) is 23.1 Å². The zero-order valence-corrected chi connectivity index (χ0v) is 10.6. The van der Waals surface area contributed by atoms with Crippen LogP contribution in [-0.2, 0) is 6.42 Å². The van der Waals surface area contributed by atoms with Gasteiger partial charge in [-0.1, -0.05) is 38.8 Å². The third-order valence-corrected chi connectivity index (χ3v) is 2.66. The summed E-state index contributed by atoms with van der Waals surface area (Å²) in [6, 6.07) is 5.17. The lowest BCUT2D eigenvalue weighted by atomic mass is 9.94. The van der Waals surface area contributed by atoms with Crippen molar-refractivity contribution in [1.82, 2.24) is 0 Å². The predicted molar refractivity (Wildman–Crippen MR) is 76.6 cm³/mol. The van der Waals surface area contributed by atoms with Gasteiger partial charge in [0.25, 0.3) is 0 Å². The van der Waals surface area contributed by atoms with E-state index in [4.69, 9.17) is 5.11 Å². The minimum absolute atomic E-state index is 0.0228. The molecule has 0 aliphatic carbocycles. The molecule has 0 aromatic heterocycles. The monoisotopic (exact) mass is 242 g/mol. The van der Waals surface area contributed by atoms with Gasteiger partial charge < -0.3 is 10.2 Å². The molecule has 94 valence electrons. The fourth-order valence-corrected chi connectivity index (χ4v) is 1.64. The molecule has 0 aliphatic heterocycles. The predicted octanol–water partition coefficient (Wildman–Crippen LogP) is 4.15. The Morgan fingerprint density at radius 2 is 1.89 bits per heavy atom. The Morgan fingerprint density at radius 1 is 1.22 bits per heavy atom. The molecule has 2 heteroatoms. The van der Waals surface area contributed by atoms with E-state index in [1.54, 1.807) is 18.2 Å². The average molecular weight is 242 g/mol. The SMILES string of the molecule is C=C(O)/C=C\C(=C)C(=C)c1ccc(O)cc1CC. The van der Waals surface area contributed by atoms with Crippen molar-refractivity contribution in [2.45, 2.75) is 13.3 Å². The van der Waals surface area contributed by atoms with Crippen LogP contribution in [0, 0.1) is 0 Å². The van der Waals surface area contributed by atoms with Crippen molar-refractivity contribution in [3.8, 4) is 5.75 Å². The lowest BCUT2D eigenvalue weighted by Crippen LogP contribution is -1.92. The summed E-state index contributed by atoms with van der Waals surface area (Å²) in [5.41, 5.74) is 3.43. The van der Waals surface area contributed by atoms with Gasteiger partial charge in [0.1, 0.15) is 11.5 Å². The first-order valence-corrected chi connectivity index (χ1v) is 5.72. The second-order valence-electron chi connectivity index (χ2n) is 4.02. The van der Waals surface area contributed by atoms with Gasteiger partial charge in [-0.25, -0.2) is 0 Å². The maximum absolute atomic E-state index is 9.45. The lowest BCUT2D eigenvalue weighted by molar-refractivity contribution is 0.435. The Bertz CT molecular complexity index is 522. The van der Waals surface area contributed by atoms with Crippen LogP contribution in [0.25, 0.3) is 5.57 Å². The van der Waals surface area contributed by atoms with Gasteiger partial charge in [-0.05, 0) is 46.9 Å². The number of phenolic OH excluding ortho intramolecular Hbond substituents is 1. The van der Waals surface area contributed by atoms with Gasteiger partial charge in [-0.3, -0.25) is 0 Å². The van der Waals surface area contributed by atoms with E-state index < -0.39 is 0 Å². The Hall–Kier alpha value is -2.22. The van der Waals surface area contributed by atoms with Crippen molar-refractivity contribution in [2.75, 3.05) is 0 Å². The second-order valence-corrected chi connectivity index (χ2v) is 4.02. The number of aliphatic hydroxyl groups is 1. The van der Waals surface area contributed by atoms with Gasteiger partial charge in [-0.15, -0.1) is 0 Å². The summed E-state index contributed by atoms with van der Waals surface area (Å²) < 4.78 is 0. The molecule has 2 nitrogen and oxygen atoms in total. The van der Waals surface area contributed by atoms with Crippen molar-refractivity contribution < 1.29 is 10.2 Å². The number of hydrogen-bond donors (Lipinski definition) is 2. The van der Waals surface area contributed by atoms with Crippen molar-refractivity contribution >= 4 is 5.57 Å². The maximum Gasteiger partial charge on any atom is 0.115 e. The molecule has 0 spiro atoms. The van der Waals surface area contributed by atoms with E-state index in [1.165, 1.54) is 6.08 Å². The quantitative estimate of drug-likeness (QED) is 0.601. The van der Waals surface area contributed by atoms with Crippen LogP contribution in [0.15, 0.2) is 61.4 Å². The van der Waals surface area contributed by atoms with Crippen LogP contribution in [0.2, 0.25) is 0 Å². The lowest BCUT2D eigenvalue weighted by Gasteiger charge is -2.11. The highest BCUT2D eigenvalue weighted by Gasteiger charge is 2.07. The van der Waals surface area contributed by atoms with Crippen LogP contribution in [0.1, 0.15) is 18.1 Å². The summed E-state index contributed by atoms with van der Waals surface area (Å²) in [6.07, 6.45) is 3.93. The maximum atomic E-state index is 9.45. The van der Waals surface area contributed by atoms with E-state index in [9.17, 15) is 5.11 Å². The molecule has 1 rings (SSSR count). The van der Waals surface area contributed by atoms with Gasteiger partial charge >= 0.3 is 0 Å². The third-order valence-electron chi connectivity index (χ3n) is 2.66. The molecule has 1 aromatic carbocycles. The summed E-state index contributed by atoms with van der Waals surface area (Å²) in [5, 5.41) is 18.5. The van der Waals surface area contributed by atoms with Crippen molar-refractivity contribution in [3.05, 3.63) is 72.5 Å². The van der Waals surface area contributed by atoms with Crippen LogP contribution in [0.5, 0.6) is 5.75 Å². The average Bonchev–Trinajstić information content (AvgIpc) is 2.34. The number of allylic oxidation sites excluding steroid dienone is 4. The number of rotatable bonds is 5. The Balaban J connectivity index is 3.04. The fraction of sp³-hybridized carbons (Fsp3) is 0.125. The first kappa shape index (κ1) is 13.8. The normalized spacial score (nSPS) is 10.5. The van der Waals surface area contributed by atoms with E-state index in [1.807, 2.05) is 13.0 Å². The number of aliphatic hydroxyl groups excluding tert-OH is 1. The molecule has 0 heterocycles. The molecule has 0 unspecified atom stereocenters. The number of hydrogen-bond acceptors (Lipinski definition) is 2. The van der Waals surface area contributed by atoms with Crippen molar-refractivity contribution in [3.63, 3.8) is 0 Å². The number of aromatic hydroxyl groups is 1. The molecule has 18 heavy (non-hydrogen) atoms. The molecule has 0 fully saturated rings. The first-order valence-electron chi connectivity index (χ1n) is 5.72. The standard InChI is InChI=1S/C16H18O2/c1-5-14-10-15(18)8-9-16(14)13(4)11(2)6-7-12(3)17/h6-10,17-18H,2-5H2,1H3/b7-6-. The Morgan fingerprint density at radius 3 is 2.44 bits per heavy atom. The molecule has 0 aliphatic rings. The molecular weight excluding hydrogens is 224 g/mol. The Kier molecular flexibility index (Phi) is 4.55. The van der Waals surface area contributed by atoms with Crippen LogP contribution >= 0.6 is 0 Å². The van der Waals surface area contributed by atoms with E-state index >= 15 is 0 Å². The summed E-state index contributed by atoms with van der Waals surface area (Å²) in [7, 11) is 0. The second kappa shape index (κ2) is 5.92. The molecule has 2 N–H and O–H groups in total. The fourth-order valence-electron chi connectivity index (χ4n) is 1.64. The van der Waals surface area contributed by atoms with Crippen molar-refractivity contribution in [1.29, 1.82) is 0 Å².